The van der Waals surface area contributed by atoms with Crippen LogP contribution < -0.4 is 0 Å². The van der Waals surface area contributed by atoms with Crippen molar-refractivity contribution in [1.82, 2.24) is 19.6 Å². The minimum atomic E-state index is -1.63. The van der Waals surface area contributed by atoms with Gasteiger partial charge in [-0.25, -0.2) is 9.18 Å². The molecule has 0 aliphatic carbocycles. The zero-order chi connectivity index (χ0) is 32.4. The Morgan fingerprint density at radius 2 is 1.71 bits per heavy atom. The van der Waals surface area contributed by atoms with Gasteiger partial charge in [0.2, 0.25) is 5.60 Å². The van der Waals surface area contributed by atoms with Gasteiger partial charge in [0, 0.05) is 50.1 Å². The molecule has 2 aromatic carbocycles. The van der Waals surface area contributed by atoms with E-state index in [4.69, 9.17) is 9.84 Å². The first kappa shape index (κ1) is 32.8. The summed E-state index contributed by atoms with van der Waals surface area (Å²) in [5, 5.41) is 14.4. The smallest absolute Gasteiger partial charge is 0.347 e. The summed E-state index contributed by atoms with van der Waals surface area (Å²) in [4.78, 5) is 29.5. The van der Waals surface area contributed by atoms with E-state index < -0.39 is 23.1 Å². The minimum absolute atomic E-state index is 0.0278. The van der Waals surface area contributed by atoms with Crippen LogP contribution >= 0.6 is 0 Å². The minimum Gasteiger partial charge on any atom is -0.478 e. The van der Waals surface area contributed by atoms with Gasteiger partial charge in [-0.3, -0.25) is 14.4 Å². The van der Waals surface area contributed by atoms with Crippen LogP contribution in [0.3, 0.4) is 0 Å². The third kappa shape index (κ3) is 7.47. The van der Waals surface area contributed by atoms with Crippen molar-refractivity contribution in [3.63, 3.8) is 0 Å². The molecular formula is C36H47FN4O4. The van der Waals surface area contributed by atoms with Crippen LogP contribution in [-0.4, -0.2) is 80.5 Å². The summed E-state index contributed by atoms with van der Waals surface area (Å²) in [5.74, 6) is -1.40. The molecule has 1 aromatic heterocycles. The molecule has 1 N–H and O–H groups in total. The largest absolute Gasteiger partial charge is 0.478 e. The van der Waals surface area contributed by atoms with Gasteiger partial charge in [-0.15, -0.1) is 0 Å². The lowest BCUT2D eigenvalue weighted by Crippen LogP contribution is -2.53. The molecule has 0 radical (unpaired) electrons. The van der Waals surface area contributed by atoms with E-state index in [2.05, 4.69) is 51.7 Å². The number of carboxylic acid groups (broad SMARTS) is 1. The lowest BCUT2D eigenvalue weighted by Gasteiger charge is -2.36. The number of hydrogen-bond acceptors (Lipinski definition) is 6. The van der Waals surface area contributed by atoms with E-state index in [0.717, 1.165) is 56.7 Å². The predicted molar refractivity (Wildman–Crippen MR) is 172 cm³/mol. The van der Waals surface area contributed by atoms with Crippen LogP contribution in [0.15, 0.2) is 60.7 Å². The van der Waals surface area contributed by atoms with Gasteiger partial charge in [0.25, 0.3) is 0 Å². The molecule has 8 nitrogen and oxygen atoms in total. The number of carbonyl (C=O) groups is 2. The number of carboxylic acids is 1. The van der Waals surface area contributed by atoms with Crippen molar-refractivity contribution in [3.8, 4) is 0 Å². The molecule has 3 aromatic rings. The monoisotopic (exact) mass is 618 g/mol. The van der Waals surface area contributed by atoms with Crippen LogP contribution in [0.25, 0.3) is 0 Å². The number of aromatic nitrogens is 2. The Hall–Kier alpha value is -3.56. The van der Waals surface area contributed by atoms with Crippen molar-refractivity contribution in [3.05, 3.63) is 89.0 Å². The predicted octanol–water partition coefficient (Wildman–Crippen LogP) is 5.71. The fourth-order valence-electron chi connectivity index (χ4n) is 6.86. The van der Waals surface area contributed by atoms with E-state index in [9.17, 15) is 19.1 Å². The van der Waals surface area contributed by atoms with E-state index in [1.165, 1.54) is 31.2 Å². The Balaban J connectivity index is 1.27. The summed E-state index contributed by atoms with van der Waals surface area (Å²) in [6, 6.07) is 19.5. The summed E-state index contributed by atoms with van der Waals surface area (Å²) < 4.78 is 22.0. The molecule has 2 fully saturated rings. The molecule has 3 heterocycles. The molecule has 2 aliphatic heterocycles. The van der Waals surface area contributed by atoms with Crippen LogP contribution in [0, 0.1) is 11.7 Å². The first-order chi connectivity index (χ1) is 21.4. The molecule has 2 unspecified atom stereocenters. The number of aryl methyl sites for hydroxylation is 1. The average Bonchev–Trinajstić information content (AvgIpc) is 3.62. The molecule has 0 bridgehead atoms. The highest BCUT2D eigenvalue weighted by atomic mass is 19.1. The van der Waals surface area contributed by atoms with E-state index >= 15 is 0 Å². The van der Waals surface area contributed by atoms with Crippen LogP contribution in [0.4, 0.5) is 4.39 Å². The molecule has 0 amide bonds. The maximum Gasteiger partial charge on any atom is 0.347 e. The number of nitrogens with zero attached hydrogens (tertiary/aromatic N) is 4. The van der Waals surface area contributed by atoms with Crippen LogP contribution in [0.2, 0.25) is 0 Å². The van der Waals surface area contributed by atoms with E-state index in [1.54, 1.807) is 26.0 Å². The lowest BCUT2D eigenvalue weighted by atomic mass is 9.87. The zero-order valence-electron chi connectivity index (χ0n) is 27.2. The second kappa shape index (κ2) is 13.4. The molecule has 5 rings (SSSR count). The van der Waals surface area contributed by atoms with Gasteiger partial charge in [-0.1, -0.05) is 42.5 Å². The second-order valence-corrected chi connectivity index (χ2v) is 13.7. The van der Waals surface area contributed by atoms with Crippen LogP contribution in [-0.2, 0) is 27.3 Å². The molecule has 9 heteroatoms. The second-order valence-electron chi connectivity index (χ2n) is 13.7. The number of likely N-dealkylation sites (tertiary alicyclic amines) is 2. The lowest BCUT2D eigenvalue weighted by molar-refractivity contribution is -0.181. The molecule has 0 spiro atoms. The Morgan fingerprint density at radius 1 is 1.00 bits per heavy atom. The Morgan fingerprint density at radius 3 is 2.36 bits per heavy atom. The summed E-state index contributed by atoms with van der Waals surface area (Å²) in [7, 11) is 0. The summed E-state index contributed by atoms with van der Waals surface area (Å²) in [6.45, 7) is 13.3. The van der Waals surface area contributed by atoms with Crippen LogP contribution in [0.1, 0.15) is 81.8 Å². The zero-order valence-corrected chi connectivity index (χ0v) is 27.2. The quantitative estimate of drug-likeness (QED) is 0.276. The maximum atomic E-state index is 14.4. The Labute approximate surface area is 266 Å². The number of esters is 1. The molecule has 2 atom stereocenters. The van der Waals surface area contributed by atoms with Gasteiger partial charge < -0.3 is 14.7 Å². The van der Waals surface area contributed by atoms with Crippen molar-refractivity contribution in [2.75, 3.05) is 32.7 Å². The highest BCUT2D eigenvalue weighted by Crippen LogP contribution is 2.39. The first-order valence-electron chi connectivity index (χ1n) is 16.2. The molecule has 0 saturated carbocycles. The van der Waals surface area contributed by atoms with Gasteiger partial charge in [0.05, 0.1) is 5.69 Å². The standard InChI is InChI=1S/C36H47FN4O4/c1-6-41-32(21-30(38-41)19-25-11-8-7-9-12-25)26-15-17-39(18-16-26)22-28-23-40(24-31(28)27-13-10-14-29(37)20-27)35(2,3)34(44)45-36(4,5)33(42)43/h7-14,20-21,26,28,31H,6,15-19,22-24H2,1-5H3,(H,42,43). The average molecular weight is 619 g/mol. The number of aliphatic carboxylic acids is 1. The number of hydrogen-bond donors (Lipinski definition) is 1. The van der Waals surface area contributed by atoms with Gasteiger partial charge in [-0.2, -0.15) is 5.10 Å². The van der Waals surface area contributed by atoms with Crippen LogP contribution in [0.5, 0.6) is 0 Å². The number of benzene rings is 2. The van der Waals surface area contributed by atoms with Crippen molar-refractivity contribution in [2.24, 2.45) is 5.92 Å². The summed E-state index contributed by atoms with van der Waals surface area (Å²) in [6.07, 6.45) is 2.91. The fraction of sp³-hybridized carbons (Fsp3) is 0.528. The normalized spacial score (nSPS) is 20.4. The highest BCUT2D eigenvalue weighted by Gasteiger charge is 2.47. The van der Waals surface area contributed by atoms with Crippen molar-refractivity contribution in [1.29, 1.82) is 0 Å². The molecular weight excluding hydrogens is 571 g/mol. The molecule has 2 aliphatic rings. The van der Waals surface area contributed by atoms with Gasteiger partial charge >= 0.3 is 11.9 Å². The van der Waals surface area contributed by atoms with Crippen molar-refractivity contribution in [2.45, 2.75) is 83.4 Å². The maximum absolute atomic E-state index is 14.4. The Bertz CT molecular complexity index is 1480. The van der Waals surface area contributed by atoms with Crippen molar-refractivity contribution < 1.29 is 23.8 Å². The number of halogens is 1. The number of piperidine rings is 1. The summed E-state index contributed by atoms with van der Waals surface area (Å²) in [5.41, 5.74) is 1.94. The van der Waals surface area contributed by atoms with E-state index in [0.29, 0.717) is 19.0 Å². The summed E-state index contributed by atoms with van der Waals surface area (Å²) >= 11 is 0. The molecule has 2 saturated heterocycles. The van der Waals surface area contributed by atoms with Crippen molar-refractivity contribution >= 4 is 11.9 Å². The first-order valence-corrected chi connectivity index (χ1v) is 16.2. The molecule has 242 valence electrons. The number of carbonyl (C=O) groups excluding carboxylic acids is 1. The SMILES string of the molecule is CCn1nc(Cc2ccccc2)cc1C1CCN(CC2CN(C(C)(C)C(=O)OC(C)(C)C(=O)O)CC2c2cccc(F)c2)CC1. The fourth-order valence-corrected chi connectivity index (χ4v) is 6.86. The third-order valence-electron chi connectivity index (χ3n) is 9.76. The third-order valence-corrected chi connectivity index (χ3v) is 9.76. The number of rotatable bonds is 11. The molecule has 45 heavy (non-hydrogen) atoms. The number of ether oxygens (including phenoxy) is 1. The van der Waals surface area contributed by atoms with E-state index in [-0.39, 0.29) is 17.7 Å². The van der Waals surface area contributed by atoms with Gasteiger partial charge in [0.15, 0.2) is 0 Å². The van der Waals surface area contributed by atoms with Gasteiger partial charge in [-0.05, 0) is 95.8 Å². The topological polar surface area (TPSA) is 87.9 Å². The highest BCUT2D eigenvalue weighted by molar-refractivity contribution is 5.85. The van der Waals surface area contributed by atoms with Gasteiger partial charge in [0.1, 0.15) is 11.4 Å². The van der Waals surface area contributed by atoms with E-state index in [1.807, 2.05) is 12.1 Å². The Kier molecular flexibility index (Phi) is 9.80.